The van der Waals surface area contributed by atoms with E-state index in [4.69, 9.17) is 4.74 Å². The minimum Gasteiger partial charge on any atom is -0.493 e. The van der Waals surface area contributed by atoms with Gasteiger partial charge < -0.3 is 10.1 Å². The normalized spacial score (nSPS) is 21.7. The van der Waals surface area contributed by atoms with Gasteiger partial charge in [-0.25, -0.2) is 0 Å². The van der Waals surface area contributed by atoms with Crippen molar-refractivity contribution >= 4 is 0 Å². The molecule has 0 amide bonds. The number of para-hydroxylation sites is 1. The Morgan fingerprint density at radius 2 is 2.16 bits per heavy atom. The van der Waals surface area contributed by atoms with Crippen molar-refractivity contribution in [1.82, 2.24) is 5.32 Å². The van der Waals surface area contributed by atoms with Crippen molar-refractivity contribution in [3.63, 3.8) is 0 Å². The zero-order valence-electron chi connectivity index (χ0n) is 11.5. The van der Waals surface area contributed by atoms with Gasteiger partial charge in [0.1, 0.15) is 5.75 Å². The molecule has 0 aromatic heterocycles. The van der Waals surface area contributed by atoms with E-state index in [1.54, 1.807) is 5.57 Å². The summed E-state index contributed by atoms with van der Waals surface area (Å²) in [6, 6.07) is 8.41. The molecule has 1 heterocycles. The Hall–Kier alpha value is -1.28. The van der Waals surface area contributed by atoms with Gasteiger partial charge in [-0.05, 0) is 44.7 Å². The summed E-state index contributed by atoms with van der Waals surface area (Å²) < 4.78 is 5.71. The van der Waals surface area contributed by atoms with Gasteiger partial charge in [-0.3, -0.25) is 0 Å². The number of allylic oxidation sites excluding steroid dienone is 1. The number of rotatable bonds is 5. The first-order valence-electron chi connectivity index (χ1n) is 7.54. The summed E-state index contributed by atoms with van der Waals surface area (Å²) in [6.07, 6.45) is 9.04. The van der Waals surface area contributed by atoms with Crippen LogP contribution in [0, 0.1) is 0 Å². The van der Waals surface area contributed by atoms with Crippen LogP contribution >= 0.6 is 0 Å². The second-order valence-electron chi connectivity index (χ2n) is 5.61. The molecule has 1 atom stereocenters. The van der Waals surface area contributed by atoms with Crippen LogP contribution in [-0.4, -0.2) is 19.7 Å². The van der Waals surface area contributed by atoms with Gasteiger partial charge in [0.15, 0.2) is 0 Å². The van der Waals surface area contributed by atoms with Gasteiger partial charge in [-0.1, -0.05) is 29.8 Å². The van der Waals surface area contributed by atoms with Crippen LogP contribution < -0.4 is 10.1 Å². The van der Waals surface area contributed by atoms with E-state index < -0.39 is 0 Å². The summed E-state index contributed by atoms with van der Waals surface area (Å²) in [5, 5.41) is 3.59. The molecule has 2 aliphatic rings. The Kier molecular flexibility index (Phi) is 4.19. The van der Waals surface area contributed by atoms with E-state index in [0.717, 1.165) is 25.4 Å². The maximum Gasteiger partial charge on any atom is 0.122 e. The molecule has 0 bridgehead atoms. The predicted molar refractivity (Wildman–Crippen MR) is 78.7 cm³/mol. The monoisotopic (exact) mass is 257 g/mol. The molecule has 1 aliphatic heterocycles. The standard InChI is InChI=1S/C17H23NO/c1-2-6-14(7-3-1)10-11-18-12-15-13-19-17-9-5-4-8-16(15)17/h4-6,8-9,15,18H,1-3,7,10-13H2. The average molecular weight is 257 g/mol. The first-order chi connectivity index (χ1) is 9.43. The highest BCUT2D eigenvalue weighted by Gasteiger charge is 2.22. The Morgan fingerprint density at radius 3 is 3.05 bits per heavy atom. The quantitative estimate of drug-likeness (QED) is 0.642. The lowest BCUT2D eigenvalue weighted by atomic mass is 9.97. The van der Waals surface area contributed by atoms with Gasteiger partial charge >= 0.3 is 0 Å². The van der Waals surface area contributed by atoms with Crippen molar-refractivity contribution in [2.24, 2.45) is 0 Å². The summed E-state index contributed by atoms with van der Waals surface area (Å²) in [5.74, 6) is 1.60. The van der Waals surface area contributed by atoms with Crippen LogP contribution in [0.5, 0.6) is 5.75 Å². The Labute approximate surface area is 115 Å². The maximum absolute atomic E-state index is 5.71. The minimum atomic E-state index is 0.525. The van der Waals surface area contributed by atoms with Crippen molar-refractivity contribution in [3.05, 3.63) is 41.5 Å². The molecular formula is C17H23NO. The molecule has 1 aliphatic carbocycles. The lowest BCUT2D eigenvalue weighted by molar-refractivity contribution is 0.326. The van der Waals surface area contributed by atoms with E-state index in [-0.39, 0.29) is 0 Å². The SMILES string of the molecule is C1=C(CCNCC2COc3ccccc32)CCCC1. The second-order valence-corrected chi connectivity index (χ2v) is 5.61. The van der Waals surface area contributed by atoms with E-state index in [9.17, 15) is 0 Å². The molecule has 3 rings (SSSR count). The van der Waals surface area contributed by atoms with Crippen molar-refractivity contribution in [2.75, 3.05) is 19.7 Å². The molecule has 1 unspecified atom stereocenters. The highest BCUT2D eigenvalue weighted by atomic mass is 16.5. The Balaban J connectivity index is 1.42. The number of hydrogen-bond acceptors (Lipinski definition) is 2. The summed E-state index contributed by atoms with van der Waals surface area (Å²) in [6.45, 7) is 2.96. The molecule has 19 heavy (non-hydrogen) atoms. The van der Waals surface area contributed by atoms with Crippen molar-refractivity contribution in [3.8, 4) is 5.75 Å². The predicted octanol–water partition coefficient (Wildman–Crippen LogP) is 3.64. The van der Waals surface area contributed by atoms with Gasteiger partial charge in [0, 0.05) is 18.0 Å². The first-order valence-corrected chi connectivity index (χ1v) is 7.54. The molecule has 1 N–H and O–H groups in total. The van der Waals surface area contributed by atoms with Crippen molar-refractivity contribution in [2.45, 2.75) is 38.0 Å². The number of fused-ring (bicyclic) bond motifs is 1. The fourth-order valence-corrected chi connectivity index (χ4v) is 3.06. The maximum atomic E-state index is 5.71. The second kappa shape index (κ2) is 6.25. The fourth-order valence-electron chi connectivity index (χ4n) is 3.06. The van der Waals surface area contributed by atoms with Crippen LogP contribution in [-0.2, 0) is 0 Å². The molecule has 0 spiro atoms. The molecule has 0 radical (unpaired) electrons. The van der Waals surface area contributed by atoms with Crippen LogP contribution in [0.25, 0.3) is 0 Å². The third-order valence-corrected chi connectivity index (χ3v) is 4.20. The highest BCUT2D eigenvalue weighted by molar-refractivity contribution is 5.39. The largest absolute Gasteiger partial charge is 0.493 e. The summed E-state index contributed by atoms with van der Waals surface area (Å²) >= 11 is 0. The number of hydrogen-bond donors (Lipinski definition) is 1. The molecular weight excluding hydrogens is 234 g/mol. The van der Waals surface area contributed by atoms with Crippen LogP contribution in [0.4, 0.5) is 0 Å². The molecule has 2 heteroatoms. The number of ether oxygens (including phenoxy) is 1. The van der Waals surface area contributed by atoms with E-state index in [1.165, 1.54) is 37.7 Å². The van der Waals surface area contributed by atoms with E-state index in [0.29, 0.717) is 5.92 Å². The molecule has 0 saturated carbocycles. The molecule has 102 valence electrons. The van der Waals surface area contributed by atoms with E-state index >= 15 is 0 Å². The van der Waals surface area contributed by atoms with Crippen LogP contribution in [0.3, 0.4) is 0 Å². The summed E-state index contributed by atoms with van der Waals surface area (Å²) in [7, 11) is 0. The summed E-state index contributed by atoms with van der Waals surface area (Å²) in [4.78, 5) is 0. The lowest BCUT2D eigenvalue weighted by Crippen LogP contribution is -2.23. The zero-order valence-corrected chi connectivity index (χ0v) is 11.5. The van der Waals surface area contributed by atoms with Gasteiger partial charge in [-0.15, -0.1) is 0 Å². The van der Waals surface area contributed by atoms with Gasteiger partial charge in [0.05, 0.1) is 6.61 Å². The zero-order chi connectivity index (χ0) is 12.9. The third-order valence-electron chi connectivity index (χ3n) is 4.20. The van der Waals surface area contributed by atoms with E-state index in [1.807, 2.05) is 6.07 Å². The molecule has 2 nitrogen and oxygen atoms in total. The van der Waals surface area contributed by atoms with E-state index in [2.05, 4.69) is 29.6 Å². The Bertz CT molecular complexity index is 452. The van der Waals surface area contributed by atoms with Crippen LogP contribution in [0.15, 0.2) is 35.9 Å². The molecule has 1 aromatic rings. The lowest BCUT2D eigenvalue weighted by Gasteiger charge is -2.14. The number of benzene rings is 1. The summed E-state index contributed by atoms with van der Waals surface area (Å²) in [5.41, 5.74) is 3.02. The van der Waals surface area contributed by atoms with Gasteiger partial charge in [-0.2, -0.15) is 0 Å². The van der Waals surface area contributed by atoms with Gasteiger partial charge in [0.25, 0.3) is 0 Å². The van der Waals surface area contributed by atoms with Crippen molar-refractivity contribution in [1.29, 1.82) is 0 Å². The fraction of sp³-hybridized carbons (Fsp3) is 0.529. The van der Waals surface area contributed by atoms with Crippen molar-refractivity contribution < 1.29 is 4.74 Å². The van der Waals surface area contributed by atoms with Crippen LogP contribution in [0.1, 0.15) is 43.6 Å². The molecule has 1 aromatic carbocycles. The number of nitrogens with one attached hydrogen (secondary N) is 1. The van der Waals surface area contributed by atoms with Gasteiger partial charge in [0.2, 0.25) is 0 Å². The minimum absolute atomic E-state index is 0.525. The Morgan fingerprint density at radius 1 is 1.21 bits per heavy atom. The molecule has 0 saturated heterocycles. The average Bonchev–Trinajstić information content (AvgIpc) is 2.88. The molecule has 0 fully saturated rings. The first kappa shape index (κ1) is 12.7. The third kappa shape index (κ3) is 3.19. The smallest absolute Gasteiger partial charge is 0.122 e. The van der Waals surface area contributed by atoms with Crippen LogP contribution in [0.2, 0.25) is 0 Å². The topological polar surface area (TPSA) is 21.3 Å². The highest BCUT2D eigenvalue weighted by Crippen LogP contribution is 2.32.